The van der Waals surface area contributed by atoms with Crippen LogP contribution in [0.5, 0.6) is 5.88 Å². The fraction of sp³-hybridized carbons (Fsp3) is 0.143. The largest absolute Gasteiger partial charge is 0.574 e. The van der Waals surface area contributed by atoms with E-state index in [4.69, 9.17) is 5.11 Å². The Morgan fingerprint density at radius 1 is 1.53 bits per heavy atom. The van der Waals surface area contributed by atoms with Gasteiger partial charge in [0.2, 0.25) is 5.88 Å². The van der Waals surface area contributed by atoms with Gasteiger partial charge in [-0.1, -0.05) is 0 Å². The number of carboxylic acids is 1. The van der Waals surface area contributed by atoms with Gasteiger partial charge in [-0.2, -0.15) is 0 Å². The zero-order valence-corrected chi connectivity index (χ0v) is 8.46. The fourth-order valence-electron chi connectivity index (χ4n) is 0.770. The Balaban J connectivity index is 3.10. The predicted octanol–water partition coefficient (Wildman–Crippen LogP) is 2.44. The molecule has 0 amide bonds. The van der Waals surface area contributed by atoms with Gasteiger partial charge < -0.3 is 9.84 Å². The van der Waals surface area contributed by atoms with Gasteiger partial charge in [0.15, 0.2) is 0 Å². The number of rotatable bonds is 2. The van der Waals surface area contributed by atoms with E-state index in [1.165, 1.54) is 0 Å². The third-order valence-electron chi connectivity index (χ3n) is 1.30. The van der Waals surface area contributed by atoms with E-state index in [1.54, 1.807) is 0 Å². The topological polar surface area (TPSA) is 59.4 Å². The van der Waals surface area contributed by atoms with Gasteiger partial charge in [-0.3, -0.25) is 0 Å². The lowest BCUT2D eigenvalue weighted by molar-refractivity contribution is -0.276. The number of nitrogens with zero attached hydrogens (tertiary/aromatic N) is 1. The zero-order valence-electron chi connectivity index (χ0n) is 6.88. The minimum absolute atomic E-state index is 0.352. The molecule has 1 N–H and O–H groups in total. The molecule has 0 aliphatic heterocycles. The van der Waals surface area contributed by atoms with Crippen molar-refractivity contribution in [2.75, 3.05) is 0 Å². The molecule has 1 aromatic heterocycles. The normalized spacial score (nSPS) is 11.2. The van der Waals surface area contributed by atoms with Crippen LogP contribution in [0.15, 0.2) is 16.7 Å². The van der Waals surface area contributed by atoms with Crippen LogP contribution in [0, 0.1) is 0 Å². The second-order valence-corrected chi connectivity index (χ2v) is 3.12. The number of pyridine rings is 1. The van der Waals surface area contributed by atoms with Crippen LogP contribution in [-0.4, -0.2) is 22.4 Å². The number of hydrogen-bond acceptors (Lipinski definition) is 3. The second-order valence-electron chi connectivity index (χ2n) is 2.33. The molecule has 0 saturated carbocycles. The summed E-state index contributed by atoms with van der Waals surface area (Å²) in [6, 6.07) is 1.05. The molecular weight excluding hydrogens is 283 g/mol. The van der Waals surface area contributed by atoms with Crippen molar-refractivity contribution in [3.8, 4) is 5.88 Å². The van der Waals surface area contributed by atoms with Crippen LogP contribution >= 0.6 is 15.9 Å². The smallest absolute Gasteiger partial charge is 0.478 e. The van der Waals surface area contributed by atoms with Crippen molar-refractivity contribution >= 4 is 21.9 Å². The molecule has 1 aromatic rings. The number of aromatic nitrogens is 1. The lowest BCUT2D eigenvalue weighted by Gasteiger charge is -2.09. The van der Waals surface area contributed by atoms with E-state index >= 15 is 0 Å². The van der Waals surface area contributed by atoms with Crippen LogP contribution in [-0.2, 0) is 0 Å². The number of carbonyl (C=O) groups is 1. The number of aromatic carboxylic acids is 1. The maximum absolute atomic E-state index is 11.8. The lowest BCUT2D eigenvalue weighted by Crippen LogP contribution is -2.18. The van der Waals surface area contributed by atoms with Crippen LogP contribution in [0.3, 0.4) is 0 Å². The van der Waals surface area contributed by atoms with E-state index in [-0.39, 0.29) is 10.0 Å². The van der Waals surface area contributed by atoms with E-state index in [9.17, 15) is 18.0 Å². The molecular formula is C7H3BrF3NO3. The van der Waals surface area contributed by atoms with Crippen molar-refractivity contribution in [2.45, 2.75) is 6.36 Å². The van der Waals surface area contributed by atoms with Crippen molar-refractivity contribution in [1.82, 2.24) is 4.98 Å². The summed E-state index contributed by atoms with van der Waals surface area (Å²) in [5.41, 5.74) is -0.357. The molecule has 0 fully saturated rings. The van der Waals surface area contributed by atoms with E-state index in [0.29, 0.717) is 0 Å². The summed E-state index contributed by atoms with van der Waals surface area (Å²) < 4.78 is 38.6. The number of hydrogen-bond donors (Lipinski definition) is 1. The third-order valence-corrected chi connectivity index (χ3v) is 2.07. The van der Waals surface area contributed by atoms with Crippen LogP contribution in [0.2, 0.25) is 0 Å². The average molecular weight is 286 g/mol. The molecule has 0 atom stereocenters. The van der Waals surface area contributed by atoms with Gasteiger partial charge in [-0.15, -0.1) is 13.2 Å². The quantitative estimate of drug-likeness (QED) is 0.907. The Kier molecular flexibility index (Phi) is 3.18. The molecule has 0 radical (unpaired) electrons. The van der Waals surface area contributed by atoms with Crippen molar-refractivity contribution < 1.29 is 27.8 Å². The number of carboxylic acid groups (broad SMARTS) is 1. The Labute approximate surface area is 89.8 Å². The van der Waals surface area contributed by atoms with Crippen molar-refractivity contribution in [3.05, 3.63) is 22.3 Å². The van der Waals surface area contributed by atoms with Crippen LogP contribution in [0.4, 0.5) is 13.2 Å². The van der Waals surface area contributed by atoms with Gasteiger partial charge in [0.25, 0.3) is 0 Å². The van der Waals surface area contributed by atoms with E-state index in [2.05, 4.69) is 25.7 Å². The highest BCUT2D eigenvalue weighted by Crippen LogP contribution is 2.30. The highest BCUT2D eigenvalue weighted by atomic mass is 79.9. The van der Waals surface area contributed by atoms with E-state index in [1.807, 2.05) is 0 Å². The molecule has 0 bridgehead atoms. The summed E-state index contributed by atoms with van der Waals surface area (Å²) in [4.78, 5) is 13.8. The summed E-state index contributed by atoms with van der Waals surface area (Å²) in [6.45, 7) is 0. The van der Waals surface area contributed by atoms with E-state index in [0.717, 1.165) is 12.3 Å². The van der Waals surface area contributed by atoms with Gasteiger partial charge >= 0.3 is 12.3 Å². The summed E-state index contributed by atoms with van der Waals surface area (Å²) >= 11 is 2.67. The Hall–Kier alpha value is -1.31. The fourth-order valence-corrected chi connectivity index (χ4v) is 1.26. The molecule has 0 spiro atoms. The first-order valence-electron chi connectivity index (χ1n) is 3.45. The zero-order chi connectivity index (χ0) is 11.6. The Morgan fingerprint density at radius 3 is 2.60 bits per heavy atom. The van der Waals surface area contributed by atoms with Gasteiger partial charge in [-0.05, 0) is 22.0 Å². The molecule has 0 unspecified atom stereocenters. The summed E-state index contributed by atoms with van der Waals surface area (Å²) in [7, 11) is 0. The highest BCUT2D eigenvalue weighted by Gasteiger charge is 2.33. The molecule has 0 aliphatic carbocycles. The molecule has 82 valence electrons. The Morgan fingerprint density at radius 2 is 2.13 bits per heavy atom. The van der Waals surface area contributed by atoms with Crippen LogP contribution in [0.25, 0.3) is 0 Å². The highest BCUT2D eigenvalue weighted by molar-refractivity contribution is 9.10. The second kappa shape index (κ2) is 4.05. The molecule has 0 aliphatic rings. The van der Waals surface area contributed by atoms with Crippen molar-refractivity contribution in [1.29, 1.82) is 0 Å². The molecule has 15 heavy (non-hydrogen) atoms. The first-order chi connectivity index (χ1) is 6.81. The molecule has 4 nitrogen and oxygen atoms in total. The van der Waals surface area contributed by atoms with Crippen molar-refractivity contribution in [3.63, 3.8) is 0 Å². The monoisotopic (exact) mass is 285 g/mol. The van der Waals surface area contributed by atoms with Gasteiger partial charge in [0.1, 0.15) is 0 Å². The number of ether oxygens (including phenoxy) is 1. The van der Waals surface area contributed by atoms with Gasteiger partial charge in [-0.25, -0.2) is 9.78 Å². The predicted molar refractivity (Wildman–Crippen MR) is 45.6 cm³/mol. The first-order valence-corrected chi connectivity index (χ1v) is 4.24. The van der Waals surface area contributed by atoms with Gasteiger partial charge in [0, 0.05) is 6.20 Å². The maximum atomic E-state index is 11.8. The number of halogens is 4. The van der Waals surface area contributed by atoms with E-state index < -0.39 is 18.2 Å². The third kappa shape index (κ3) is 3.08. The number of alkyl halides is 3. The SMILES string of the molecule is O=C(O)c1ccnc(OC(F)(F)F)c1Br. The van der Waals surface area contributed by atoms with Crippen molar-refractivity contribution in [2.24, 2.45) is 0 Å². The molecule has 0 saturated heterocycles. The lowest BCUT2D eigenvalue weighted by atomic mass is 10.3. The van der Waals surface area contributed by atoms with Gasteiger partial charge in [0.05, 0.1) is 10.0 Å². The first kappa shape index (κ1) is 11.8. The molecule has 8 heteroatoms. The molecule has 0 aromatic carbocycles. The summed E-state index contributed by atoms with van der Waals surface area (Å²) in [5.74, 6) is -2.21. The Bertz CT molecular complexity index is 394. The maximum Gasteiger partial charge on any atom is 0.574 e. The molecule has 1 rings (SSSR count). The summed E-state index contributed by atoms with van der Waals surface area (Å²) in [6.07, 6.45) is -4.00. The summed E-state index contributed by atoms with van der Waals surface area (Å²) in [5, 5.41) is 8.59. The van der Waals surface area contributed by atoms with Crippen LogP contribution < -0.4 is 4.74 Å². The molecule has 1 heterocycles. The standard InChI is InChI=1S/C7H3BrF3NO3/c8-4-3(6(13)14)1-2-12-5(4)15-7(9,10)11/h1-2H,(H,13,14). The minimum atomic E-state index is -4.91. The minimum Gasteiger partial charge on any atom is -0.478 e. The average Bonchev–Trinajstić information content (AvgIpc) is 2.05. The van der Waals surface area contributed by atoms with Crippen LogP contribution in [0.1, 0.15) is 10.4 Å².